The zero-order chi connectivity index (χ0) is 23.8. The van der Waals surface area contributed by atoms with Crippen molar-refractivity contribution in [1.82, 2.24) is 15.0 Å². The maximum Gasteiger partial charge on any atom is 0.229 e. The Morgan fingerprint density at radius 3 is 2.58 bits per heavy atom. The van der Waals surface area contributed by atoms with Crippen molar-refractivity contribution in [1.29, 1.82) is 5.26 Å². The van der Waals surface area contributed by atoms with Gasteiger partial charge < -0.3 is 5.32 Å². The summed E-state index contributed by atoms with van der Waals surface area (Å²) in [5.41, 5.74) is 2.87. The normalized spacial score (nSPS) is 11.2. The molecule has 166 valence electrons. The molecule has 0 aliphatic carbocycles. The highest BCUT2D eigenvalue weighted by atomic mass is 35.5. The summed E-state index contributed by atoms with van der Waals surface area (Å²) in [5, 5.41) is 12.5. The van der Waals surface area contributed by atoms with Gasteiger partial charge in [-0.15, -0.1) is 0 Å². The Bertz CT molecular complexity index is 1560. The second-order valence-corrected chi connectivity index (χ2v) is 9.43. The summed E-state index contributed by atoms with van der Waals surface area (Å²) >= 11 is 11.9. The van der Waals surface area contributed by atoms with Gasteiger partial charge in [-0.05, 0) is 36.4 Å². The molecule has 0 saturated carbocycles. The number of benzene rings is 1. The number of pyridine rings is 3. The largest absolute Gasteiger partial charge is 0.353 e. The Balaban J connectivity index is 1.85. The molecule has 4 aromatic rings. The molecule has 0 radical (unpaired) electrons. The average molecular weight is 503 g/mol. The van der Waals surface area contributed by atoms with E-state index in [-0.39, 0.29) is 21.4 Å². The number of nitrogens with zero attached hydrogens (tertiary/aromatic N) is 4. The van der Waals surface area contributed by atoms with Gasteiger partial charge >= 0.3 is 0 Å². The van der Waals surface area contributed by atoms with E-state index >= 15 is 0 Å². The Kier molecular flexibility index (Phi) is 6.03. The fourth-order valence-corrected chi connectivity index (χ4v) is 3.96. The van der Waals surface area contributed by atoms with Crippen molar-refractivity contribution in [3.8, 4) is 17.3 Å². The van der Waals surface area contributed by atoms with Crippen molar-refractivity contribution in [2.45, 2.75) is 0 Å². The molecule has 1 aromatic carbocycles. The Morgan fingerprint density at radius 2 is 1.88 bits per heavy atom. The van der Waals surface area contributed by atoms with Crippen LogP contribution in [-0.4, -0.2) is 29.6 Å². The number of rotatable bonds is 5. The summed E-state index contributed by atoms with van der Waals surface area (Å²) in [5.74, 6) is -0.573. The van der Waals surface area contributed by atoms with Gasteiger partial charge in [0.2, 0.25) is 10.0 Å². The zero-order valence-electron chi connectivity index (χ0n) is 16.8. The quantitative estimate of drug-likeness (QED) is 0.363. The molecular weight excluding hydrogens is 490 g/mol. The number of halogens is 3. The number of nitriles is 1. The molecule has 12 heteroatoms. The van der Waals surface area contributed by atoms with Gasteiger partial charge in [-0.1, -0.05) is 23.2 Å². The van der Waals surface area contributed by atoms with Crippen LogP contribution >= 0.6 is 23.2 Å². The summed E-state index contributed by atoms with van der Waals surface area (Å²) in [7, 11) is -3.58. The van der Waals surface area contributed by atoms with Gasteiger partial charge in [-0.2, -0.15) is 5.26 Å². The van der Waals surface area contributed by atoms with Gasteiger partial charge in [0, 0.05) is 23.6 Å². The highest BCUT2D eigenvalue weighted by Gasteiger charge is 2.15. The molecule has 0 aliphatic rings. The first-order valence-electron chi connectivity index (χ1n) is 9.20. The number of fused-ring (bicyclic) bond motifs is 1. The third-order valence-corrected chi connectivity index (χ3v) is 5.63. The molecule has 0 bridgehead atoms. The first-order valence-corrected chi connectivity index (χ1v) is 11.8. The fraction of sp³-hybridized carbons (Fsp3) is 0.0476. The summed E-state index contributed by atoms with van der Waals surface area (Å²) in [6.45, 7) is 0. The van der Waals surface area contributed by atoms with Crippen LogP contribution in [0, 0.1) is 17.1 Å². The molecule has 0 saturated heterocycles. The van der Waals surface area contributed by atoms with Crippen molar-refractivity contribution >= 4 is 61.3 Å². The molecular formula is C21H13Cl2FN6O2S. The molecule has 3 aromatic heterocycles. The molecule has 0 amide bonds. The van der Waals surface area contributed by atoms with E-state index in [2.05, 4.69) is 31.1 Å². The zero-order valence-corrected chi connectivity index (χ0v) is 19.1. The monoisotopic (exact) mass is 502 g/mol. The molecule has 33 heavy (non-hydrogen) atoms. The summed E-state index contributed by atoms with van der Waals surface area (Å²) in [4.78, 5) is 12.9. The number of sulfonamides is 1. The molecule has 0 spiro atoms. The number of aromatic nitrogens is 3. The Morgan fingerprint density at radius 1 is 1.09 bits per heavy atom. The van der Waals surface area contributed by atoms with Crippen molar-refractivity contribution in [2.75, 3.05) is 16.3 Å². The van der Waals surface area contributed by atoms with E-state index in [9.17, 15) is 18.1 Å². The van der Waals surface area contributed by atoms with Gasteiger partial charge in [0.15, 0.2) is 5.15 Å². The highest BCUT2D eigenvalue weighted by Crippen LogP contribution is 2.32. The van der Waals surface area contributed by atoms with Crippen molar-refractivity contribution < 1.29 is 12.8 Å². The minimum atomic E-state index is -3.58. The van der Waals surface area contributed by atoms with Crippen molar-refractivity contribution in [2.24, 2.45) is 0 Å². The maximum atomic E-state index is 13.5. The van der Waals surface area contributed by atoms with Crippen LogP contribution in [0.3, 0.4) is 0 Å². The second kappa shape index (κ2) is 8.78. The standard InChI is InChI=1S/C21H13Cl2FN6O2S/c1-33(31,32)30-18-6-11(9-27-21(18)23)16-4-5-17-20(29-16)19(12(8-25)10-26-17)28-13-2-3-15(24)14(22)7-13/h2-7,9-10,30H,1H3,(H,26,28). The van der Waals surface area contributed by atoms with Gasteiger partial charge in [0.05, 0.1) is 39.4 Å². The van der Waals surface area contributed by atoms with Crippen molar-refractivity contribution in [3.05, 3.63) is 70.3 Å². The third-order valence-electron chi connectivity index (χ3n) is 4.45. The van der Waals surface area contributed by atoms with E-state index in [1.165, 1.54) is 36.7 Å². The van der Waals surface area contributed by atoms with E-state index in [0.717, 1.165) is 6.26 Å². The SMILES string of the molecule is CS(=O)(=O)Nc1cc(-c2ccc3ncc(C#N)c(Nc4ccc(F)c(Cl)c4)c3n2)cnc1Cl. The van der Waals surface area contributed by atoms with Crippen LogP contribution in [0.1, 0.15) is 5.56 Å². The van der Waals surface area contributed by atoms with Gasteiger partial charge in [-0.25, -0.2) is 22.8 Å². The fourth-order valence-electron chi connectivity index (χ4n) is 3.02. The van der Waals surface area contributed by atoms with Crippen LogP contribution in [0.15, 0.2) is 48.8 Å². The highest BCUT2D eigenvalue weighted by molar-refractivity contribution is 7.92. The van der Waals surface area contributed by atoms with Crippen LogP contribution < -0.4 is 10.0 Å². The molecule has 4 rings (SSSR count). The third kappa shape index (κ3) is 4.96. The maximum absolute atomic E-state index is 13.5. The Hall–Kier alpha value is -3.52. The first kappa shape index (κ1) is 22.7. The lowest BCUT2D eigenvalue weighted by atomic mass is 10.1. The van der Waals surface area contributed by atoms with Crippen LogP contribution in [0.4, 0.5) is 21.5 Å². The molecule has 0 fully saturated rings. The summed E-state index contributed by atoms with van der Waals surface area (Å²) < 4.78 is 39.1. The predicted molar refractivity (Wildman–Crippen MR) is 126 cm³/mol. The lowest BCUT2D eigenvalue weighted by Crippen LogP contribution is -2.10. The van der Waals surface area contributed by atoms with Crippen LogP contribution in [0.5, 0.6) is 0 Å². The molecule has 0 unspecified atom stereocenters. The number of hydrogen-bond acceptors (Lipinski definition) is 7. The lowest BCUT2D eigenvalue weighted by molar-refractivity contribution is 0.606. The molecule has 8 nitrogen and oxygen atoms in total. The van der Waals surface area contributed by atoms with Gasteiger partial charge in [-0.3, -0.25) is 9.71 Å². The van der Waals surface area contributed by atoms with E-state index in [0.29, 0.717) is 33.7 Å². The number of nitrogens with one attached hydrogen (secondary N) is 2. The number of hydrogen-bond donors (Lipinski definition) is 2. The molecule has 2 N–H and O–H groups in total. The molecule has 3 heterocycles. The van der Waals surface area contributed by atoms with Gasteiger partial charge in [0.1, 0.15) is 17.4 Å². The van der Waals surface area contributed by atoms with Gasteiger partial charge in [0.25, 0.3) is 0 Å². The van der Waals surface area contributed by atoms with Crippen LogP contribution in [0.2, 0.25) is 10.2 Å². The molecule has 0 atom stereocenters. The lowest BCUT2D eigenvalue weighted by Gasteiger charge is -2.13. The second-order valence-electron chi connectivity index (χ2n) is 6.91. The van der Waals surface area contributed by atoms with E-state index in [1.54, 1.807) is 12.1 Å². The van der Waals surface area contributed by atoms with Crippen LogP contribution in [-0.2, 0) is 10.0 Å². The topological polar surface area (TPSA) is 121 Å². The molecule has 0 aliphatic heterocycles. The minimum Gasteiger partial charge on any atom is -0.353 e. The van der Waals surface area contributed by atoms with Crippen molar-refractivity contribution in [3.63, 3.8) is 0 Å². The van der Waals surface area contributed by atoms with E-state index in [4.69, 9.17) is 23.2 Å². The average Bonchev–Trinajstić information content (AvgIpc) is 2.77. The summed E-state index contributed by atoms with van der Waals surface area (Å²) in [6.07, 6.45) is 3.84. The minimum absolute atomic E-state index is 0.0195. The Labute approximate surface area is 198 Å². The smallest absolute Gasteiger partial charge is 0.229 e. The number of anilines is 3. The van der Waals surface area contributed by atoms with E-state index in [1.807, 2.05) is 0 Å². The first-order chi connectivity index (χ1) is 15.6. The summed E-state index contributed by atoms with van der Waals surface area (Å²) in [6, 6.07) is 11.0. The van der Waals surface area contributed by atoms with E-state index < -0.39 is 15.8 Å². The predicted octanol–water partition coefficient (Wildman–Crippen LogP) is 5.12. The van der Waals surface area contributed by atoms with Crippen LogP contribution in [0.25, 0.3) is 22.3 Å².